The molecule has 0 fully saturated rings. The fourth-order valence-corrected chi connectivity index (χ4v) is 4.35. The van der Waals surface area contributed by atoms with Crippen LogP contribution in [0.15, 0.2) is 72.8 Å². The van der Waals surface area contributed by atoms with E-state index in [1.807, 2.05) is 43.3 Å². The van der Waals surface area contributed by atoms with Crippen LogP contribution in [0.2, 0.25) is 0 Å². The van der Waals surface area contributed by atoms with Crippen molar-refractivity contribution < 1.29 is 14.4 Å². The van der Waals surface area contributed by atoms with Crippen LogP contribution in [-0.2, 0) is 22.6 Å². The molecule has 0 bridgehead atoms. The Morgan fingerprint density at radius 3 is 2.63 bits per heavy atom. The Hall–Kier alpha value is -4.46. The molecule has 1 aromatic heterocycles. The number of carbonyl (C=O) groups is 3. The normalized spacial score (nSPS) is 15.2. The molecule has 0 radical (unpaired) electrons. The molecule has 1 atom stereocenters. The lowest BCUT2D eigenvalue weighted by molar-refractivity contribution is -0.122. The van der Waals surface area contributed by atoms with Gasteiger partial charge in [-0.2, -0.15) is 0 Å². The molecule has 0 saturated heterocycles. The first-order valence-electron chi connectivity index (χ1n) is 11.5. The van der Waals surface area contributed by atoms with Gasteiger partial charge in [0.15, 0.2) is 0 Å². The maximum absolute atomic E-state index is 12.7. The summed E-state index contributed by atoms with van der Waals surface area (Å²) in [4.78, 5) is 42.4. The van der Waals surface area contributed by atoms with Gasteiger partial charge in [-0.25, -0.2) is 4.98 Å². The number of hydrogen-bond donors (Lipinski definition) is 3. The van der Waals surface area contributed by atoms with Crippen LogP contribution < -0.4 is 16.0 Å². The maximum atomic E-state index is 12.7. The topological polar surface area (TPSA) is 105 Å². The Bertz CT molecular complexity index is 1430. The number of hydrogen-bond acceptors (Lipinski definition) is 4. The molecule has 1 aliphatic heterocycles. The minimum absolute atomic E-state index is 0.186. The number of imidazole rings is 1. The summed E-state index contributed by atoms with van der Waals surface area (Å²) in [5, 5.41) is 8.18. The average molecular weight is 468 g/mol. The molecule has 1 aliphatic rings. The van der Waals surface area contributed by atoms with E-state index in [4.69, 9.17) is 0 Å². The second-order valence-corrected chi connectivity index (χ2v) is 8.56. The minimum Gasteiger partial charge on any atom is -0.340 e. The van der Waals surface area contributed by atoms with E-state index in [9.17, 15) is 14.4 Å². The standard InChI is InChI=1S/C27H25N5O3/c1-17-28-22-15-19(11-12-24(22)32(17)14-13-18-7-3-2-4-8-18)29-25(33)16-23-27(35)30-21-10-6-5-9-20(21)26(34)31-23/h2-12,15,23H,13-14,16H2,1H3,(H,29,33)(H,30,35)(H,31,34)/t23-/m1/s1. The van der Waals surface area contributed by atoms with Crippen LogP contribution in [0.3, 0.4) is 0 Å². The first-order valence-corrected chi connectivity index (χ1v) is 11.5. The number of carbonyl (C=O) groups excluding carboxylic acids is 3. The summed E-state index contributed by atoms with van der Waals surface area (Å²) < 4.78 is 2.16. The fourth-order valence-electron chi connectivity index (χ4n) is 4.35. The van der Waals surface area contributed by atoms with Crippen LogP contribution in [0.5, 0.6) is 0 Å². The molecule has 0 aliphatic carbocycles. The SMILES string of the molecule is Cc1nc2cc(NC(=O)C[C@H]3NC(=O)c4ccccc4NC3=O)ccc2n1CCc1ccccc1. The van der Waals surface area contributed by atoms with Crippen molar-refractivity contribution in [1.29, 1.82) is 0 Å². The van der Waals surface area contributed by atoms with Gasteiger partial charge in [-0.15, -0.1) is 0 Å². The molecule has 3 N–H and O–H groups in total. The molecule has 2 heterocycles. The van der Waals surface area contributed by atoms with Crippen LogP contribution in [0, 0.1) is 6.92 Å². The van der Waals surface area contributed by atoms with Crippen molar-refractivity contribution in [3.05, 3.63) is 89.7 Å². The van der Waals surface area contributed by atoms with Crippen molar-refractivity contribution >= 4 is 40.1 Å². The third-order valence-electron chi connectivity index (χ3n) is 6.13. The van der Waals surface area contributed by atoms with E-state index in [0.717, 1.165) is 29.8 Å². The van der Waals surface area contributed by atoms with Gasteiger partial charge in [-0.1, -0.05) is 42.5 Å². The van der Waals surface area contributed by atoms with Gasteiger partial charge < -0.3 is 20.5 Å². The summed E-state index contributed by atoms with van der Waals surface area (Å²) in [6, 6.07) is 21.6. The summed E-state index contributed by atoms with van der Waals surface area (Å²) >= 11 is 0. The van der Waals surface area contributed by atoms with Crippen LogP contribution >= 0.6 is 0 Å². The highest BCUT2D eigenvalue weighted by Gasteiger charge is 2.29. The van der Waals surface area contributed by atoms with Crippen molar-refractivity contribution in [3.63, 3.8) is 0 Å². The highest BCUT2D eigenvalue weighted by molar-refractivity contribution is 6.11. The Labute approximate surface area is 202 Å². The number of benzene rings is 3. The lowest BCUT2D eigenvalue weighted by atomic mass is 10.1. The predicted octanol–water partition coefficient (Wildman–Crippen LogP) is 3.67. The molecule has 4 aromatic rings. The van der Waals surface area contributed by atoms with Gasteiger partial charge in [0.2, 0.25) is 11.8 Å². The number of para-hydroxylation sites is 1. The van der Waals surface area contributed by atoms with Crippen molar-refractivity contribution in [2.24, 2.45) is 0 Å². The fraction of sp³-hybridized carbons (Fsp3) is 0.185. The van der Waals surface area contributed by atoms with Gasteiger partial charge in [-0.05, 0) is 49.2 Å². The van der Waals surface area contributed by atoms with Crippen LogP contribution in [0.25, 0.3) is 11.0 Å². The van der Waals surface area contributed by atoms with E-state index in [1.54, 1.807) is 24.3 Å². The van der Waals surface area contributed by atoms with Gasteiger partial charge in [0.05, 0.1) is 28.7 Å². The zero-order valence-electron chi connectivity index (χ0n) is 19.2. The summed E-state index contributed by atoms with van der Waals surface area (Å²) in [5.41, 5.74) is 4.41. The number of aryl methyl sites for hydroxylation is 3. The van der Waals surface area contributed by atoms with E-state index in [0.29, 0.717) is 16.9 Å². The highest BCUT2D eigenvalue weighted by atomic mass is 16.2. The summed E-state index contributed by atoms with van der Waals surface area (Å²) in [6.45, 7) is 2.77. The van der Waals surface area contributed by atoms with E-state index in [2.05, 4.69) is 37.6 Å². The summed E-state index contributed by atoms with van der Waals surface area (Å²) in [7, 11) is 0. The molecule has 0 saturated carbocycles. The third kappa shape index (κ3) is 4.77. The number of nitrogens with zero attached hydrogens (tertiary/aromatic N) is 2. The maximum Gasteiger partial charge on any atom is 0.254 e. The zero-order valence-corrected chi connectivity index (χ0v) is 19.2. The molecule has 3 amide bonds. The lowest BCUT2D eigenvalue weighted by Gasteiger charge is -2.14. The largest absolute Gasteiger partial charge is 0.340 e. The Kier molecular flexibility index (Phi) is 6.01. The smallest absolute Gasteiger partial charge is 0.254 e. The molecule has 3 aromatic carbocycles. The summed E-state index contributed by atoms with van der Waals surface area (Å²) in [6.07, 6.45) is 0.707. The number of aromatic nitrogens is 2. The minimum atomic E-state index is -0.974. The van der Waals surface area contributed by atoms with Gasteiger partial charge >= 0.3 is 0 Å². The monoisotopic (exact) mass is 467 g/mol. The third-order valence-corrected chi connectivity index (χ3v) is 6.13. The lowest BCUT2D eigenvalue weighted by Crippen LogP contribution is -2.43. The van der Waals surface area contributed by atoms with Gasteiger partial charge in [0.1, 0.15) is 11.9 Å². The highest BCUT2D eigenvalue weighted by Crippen LogP contribution is 2.22. The molecule has 0 spiro atoms. The molecule has 5 rings (SSSR count). The number of amides is 3. The van der Waals surface area contributed by atoms with E-state index >= 15 is 0 Å². The molecule has 8 heteroatoms. The van der Waals surface area contributed by atoms with Crippen molar-refractivity contribution in [3.8, 4) is 0 Å². The van der Waals surface area contributed by atoms with Gasteiger partial charge in [0.25, 0.3) is 5.91 Å². The molecule has 8 nitrogen and oxygen atoms in total. The zero-order chi connectivity index (χ0) is 24.4. The average Bonchev–Trinajstić information content (AvgIpc) is 3.10. The Balaban J connectivity index is 1.26. The van der Waals surface area contributed by atoms with Crippen LogP contribution in [0.4, 0.5) is 11.4 Å². The number of nitrogens with one attached hydrogen (secondary N) is 3. The second kappa shape index (κ2) is 9.42. The summed E-state index contributed by atoms with van der Waals surface area (Å²) in [5.74, 6) is -0.302. The predicted molar refractivity (Wildman–Crippen MR) is 134 cm³/mol. The van der Waals surface area contributed by atoms with E-state index < -0.39 is 17.9 Å². The van der Waals surface area contributed by atoms with Gasteiger partial charge in [-0.3, -0.25) is 14.4 Å². The number of rotatable bonds is 6. The quantitative estimate of drug-likeness (QED) is 0.402. The molecule has 35 heavy (non-hydrogen) atoms. The van der Waals surface area contributed by atoms with Crippen molar-refractivity contribution in [2.45, 2.75) is 32.4 Å². The van der Waals surface area contributed by atoms with Crippen LogP contribution in [0.1, 0.15) is 28.2 Å². The van der Waals surface area contributed by atoms with Crippen molar-refractivity contribution in [2.75, 3.05) is 10.6 Å². The Morgan fingerprint density at radius 1 is 1.03 bits per heavy atom. The van der Waals surface area contributed by atoms with Crippen LogP contribution in [-0.4, -0.2) is 33.3 Å². The molecular weight excluding hydrogens is 442 g/mol. The first kappa shape index (κ1) is 22.3. The second-order valence-electron chi connectivity index (χ2n) is 8.56. The van der Waals surface area contributed by atoms with Gasteiger partial charge in [0, 0.05) is 12.2 Å². The number of fused-ring (bicyclic) bond motifs is 2. The molecule has 0 unspecified atom stereocenters. The van der Waals surface area contributed by atoms with Crippen molar-refractivity contribution in [1.82, 2.24) is 14.9 Å². The number of anilines is 2. The Morgan fingerprint density at radius 2 is 1.80 bits per heavy atom. The van der Waals surface area contributed by atoms with E-state index in [-0.39, 0.29) is 12.3 Å². The van der Waals surface area contributed by atoms with E-state index in [1.165, 1.54) is 5.56 Å². The molecular formula is C27H25N5O3. The first-order chi connectivity index (χ1) is 17.0. The molecule has 176 valence electrons.